The Kier molecular flexibility index (Phi) is 4.18. The van der Waals surface area contributed by atoms with Gasteiger partial charge >= 0.3 is 0 Å². The number of carbonyl (C=O) groups excluding carboxylic acids is 1. The van der Waals surface area contributed by atoms with E-state index in [-0.39, 0.29) is 0 Å². The molecule has 0 N–H and O–H groups in total. The normalized spacial score (nSPS) is 10.2. The molecule has 0 radical (unpaired) electrons. The summed E-state index contributed by atoms with van der Waals surface area (Å²) in [5.41, 5.74) is 0. The van der Waals surface area contributed by atoms with Crippen molar-refractivity contribution in [1.29, 1.82) is 0 Å². The van der Waals surface area contributed by atoms with Crippen molar-refractivity contribution in [2.45, 2.75) is 19.4 Å². The molecule has 0 atom stereocenters. The molecule has 1 heterocycles. The molecule has 4 nitrogen and oxygen atoms in total. The Morgan fingerprint density at radius 2 is 2.54 bits per heavy atom. The van der Waals surface area contributed by atoms with Crippen molar-refractivity contribution < 1.29 is 9.53 Å². The summed E-state index contributed by atoms with van der Waals surface area (Å²) in [4.78, 5) is 14.3. The predicted octanol–water partition coefficient (Wildman–Crippen LogP) is 0.661. The molecule has 0 bridgehead atoms. The van der Waals surface area contributed by atoms with Crippen molar-refractivity contribution in [1.82, 2.24) is 9.55 Å². The summed E-state index contributed by atoms with van der Waals surface area (Å²) < 4.78 is 6.96. The highest BCUT2D eigenvalue weighted by atomic mass is 16.5. The van der Waals surface area contributed by atoms with Crippen molar-refractivity contribution in [3.05, 3.63) is 18.2 Å². The van der Waals surface area contributed by atoms with E-state index in [1.165, 1.54) is 0 Å². The van der Waals surface area contributed by atoms with Gasteiger partial charge in [0.25, 0.3) is 0 Å². The lowest BCUT2D eigenvalue weighted by Gasteiger charge is -2.04. The largest absolute Gasteiger partial charge is 0.383 e. The van der Waals surface area contributed by atoms with E-state index in [0.717, 1.165) is 18.7 Å². The number of aldehydes is 1. The molecule has 0 aliphatic rings. The molecule has 0 unspecified atom stereocenters. The van der Waals surface area contributed by atoms with Crippen LogP contribution >= 0.6 is 0 Å². The maximum atomic E-state index is 10.2. The van der Waals surface area contributed by atoms with Crippen molar-refractivity contribution in [2.75, 3.05) is 13.7 Å². The highest BCUT2D eigenvalue weighted by molar-refractivity contribution is 5.49. The van der Waals surface area contributed by atoms with Gasteiger partial charge in [-0.05, 0) is 0 Å². The van der Waals surface area contributed by atoms with Crippen LogP contribution in [0.5, 0.6) is 0 Å². The molecule has 0 saturated heterocycles. The fourth-order valence-electron chi connectivity index (χ4n) is 1.15. The topological polar surface area (TPSA) is 44.1 Å². The molecule has 1 rings (SSSR count). The van der Waals surface area contributed by atoms with E-state index in [9.17, 15) is 4.79 Å². The summed E-state index contributed by atoms with van der Waals surface area (Å²) >= 11 is 0. The smallest absolute Gasteiger partial charge is 0.120 e. The van der Waals surface area contributed by atoms with Crippen molar-refractivity contribution >= 4 is 6.29 Å². The number of ether oxygens (including phenoxy) is 1. The van der Waals surface area contributed by atoms with Gasteiger partial charge in [0.05, 0.1) is 6.61 Å². The Bertz CT molecular complexity index is 258. The monoisotopic (exact) mass is 182 g/mol. The summed E-state index contributed by atoms with van der Waals surface area (Å²) in [5, 5.41) is 0. The minimum atomic E-state index is 0.532. The van der Waals surface area contributed by atoms with Crippen LogP contribution < -0.4 is 0 Å². The molecule has 0 fully saturated rings. The molecule has 13 heavy (non-hydrogen) atoms. The lowest BCUT2D eigenvalue weighted by atomic mass is 10.3. The van der Waals surface area contributed by atoms with Crippen LogP contribution in [0.15, 0.2) is 12.4 Å². The number of hydrogen-bond donors (Lipinski definition) is 0. The first kappa shape index (κ1) is 9.92. The summed E-state index contributed by atoms with van der Waals surface area (Å²) in [7, 11) is 1.67. The van der Waals surface area contributed by atoms with E-state index in [4.69, 9.17) is 4.74 Å². The van der Waals surface area contributed by atoms with Crippen LogP contribution in [0.25, 0.3) is 0 Å². The number of carbonyl (C=O) groups is 1. The molecule has 0 aliphatic carbocycles. The van der Waals surface area contributed by atoms with E-state index in [2.05, 4.69) is 4.98 Å². The van der Waals surface area contributed by atoms with Gasteiger partial charge in [0.1, 0.15) is 12.1 Å². The molecular weight excluding hydrogens is 168 g/mol. The van der Waals surface area contributed by atoms with Gasteiger partial charge < -0.3 is 14.1 Å². The van der Waals surface area contributed by atoms with Gasteiger partial charge in [-0.25, -0.2) is 4.98 Å². The molecule has 0 aliphatic heterocycles. The average molecular weight is 182 g/mol. The Morgan fingerprint density at radius 3 is 3.23 bits per heavy atom. The van der Waals surface area contributed by atoms with E-state index < -0.39 is 0 Å². The van der Waals surface area contributed by atoms with Crippen LogP contribution in [0.2, 0.25) is 0 Å². The molecule has 72 valence electrons. The van der Waals surface area contributed by atoms with Gasteiger partial charge in [0, 0.05) is 38.9 Å². The van der Waals surface area contributed by atoms with E-state index in [1.807, 2.05) is 10.8 Å². The molecule has 1 aromatic heterocycles. The molecule has 0 spiro atoms. The third-order valence-electron chi connectivity index (χ3n) is 1.82. The first-order valence-corrected chi connectivity index (χ1v) is 4.31. The maximum Gasteiger partial charge on any atom is 0.120 e. The van der Waals surface area contributed by atoms with Crippen LogP contribution in [0.4, 0.5) is 0 Å². The van der Waals surface area contributed by atoms with Gasteiger partial charge in [-0.3, -0.25) is 0 Å². The maximum absolute atomic E-state index is 10.2. The molecule has 0 amide bonds. The molecule has 0 aromatic carbocycles. The first-order valence-electron chi connectivity index (χ1n) is 4.31. The number of nitrogens with zero attached hydrogens (tertiary/aromatic N) is 2. The van der Waals surface area contributed by atoms with Gasteiger partial charge in [0.15, 0.2) is 0 Å². The molecule has 1 aromatic rings. The molecular formula is C9H14N2O2. The SMILES string of the molecule is COCCn1ccnc1CCC=O. The summed E-state index contributed by atoms with van der Waals surface area (Å²) in [6, 6.07) is 0. The van der Waals surface area contributed by atoms with Gasteiger partial charge in [-0.1, -0.05) is 0 Å². The number of hydrogen-bond acceptors (Lipinski definition) is 3. The van der Waals surface area contributed by atoms with Crippen LogP contribution in [0.3, 0.4) is 0 Å². The Hall–Kier alpha value is -1.16. The first-order chi connectivity index (χ1) is 6.38. The molecule has 0 saturated carbocycles. The van der Waals surface area contributed by atoms with Crippen LogP contribution in [0.1, 0.15) is 12.2 Å². The Morgan fingerprint density at radius 1 is 1.69 bits per heavy atom. The lowest BCUT2D eigenvalue weighted by molar-refractivity contribution is -0.107. The Labute approximate surface area is 77.5 Å². The van der Waals surface area contributed by atoms with Crippen LogP contribution in [-0.4, -0.2) is 29.6 Å². The van der Waals surface area contributed by atoms with E-state index in [1.54, 1.807) is 13.3 Å². The minimum Gasteiger partial charge on any atom is -0.383 e. The van der Waals surface area contributed by atoms with Crippen molar-refractivity contribution in [3.8, 4) is 0 Å². The second-order valence-electron chi connectivity index (χ2n) is 2.74. The molecule has 4 heteroatoms. The lowest BCUT2D eigenvalue weighted by Crippen LogP contribution is -2.07. The zero-order chi connectivity index (χ0) is 9.52. The second kappa shape index (κ2) is 5.48. The number of aromatic nitrogens is 2. The minimum absolute atomic E-state index is 0.532. The second-order valence-corrected chi connectivity index (χ2v) is 2.74. The zero-order valence-corrected chi connectivity index (χ0v) is 7.77. The summed E-state index contributed by atoms with van der Waals surface area (Å²) in [5.74, 6) is 0.948. The van der Waals surface area contributed by atoms with Crippen molar-refractivity contribution in [3.63, 3.8) is 0 Å². The van der Waals surface area contributed by atoms with Gasteiger partial charge in [0.2, 0.25) is 0 Å². The quantitative estimate of drug-likeness (QED) is 0.607. The Balaban J connectivity index is 2.49. The number of rotatable bonds is 6. The fourth-order valence-corrected chi connectivity index (χ4v) is 1.15. The fraction of sp³-hybridized carbons (Fsp3) is 0.556. The third kappa shape index (κ3) is 2.99. The van der Waals surface area contributed by atoms with Crippen LogP contribution in [-0.2, 0) is 22.5 Å². The van der Waals surface area contributed by atoms with Gasteiger partial charge in [-0.2, -0.15) is 0 Å². The highest BCUT2D eigenvalue weighted by Gasteiger charge is 2.00. The van der Waals surface area contributed by atoms with Crippen molar-refractivity contribution in [2.24, 2.45) is 0 Å². The van der Waals surface area contributed by atoms with Gasteiger partial charge in [-0.15, -0.1) is 0 Å². The average Bonchev–Trinajstić information content (AvgIpc) is 2.59. The number of aryl methyl sites for hydroxylation is 1. The number of methoxy groups -OCH3 is 1. The van der Waals surface area contributed by atoms with E-state index >= 15 is 0 Å². The zero-order valence-electron chi connectivity index (χ0n) is 7.77. The van der Waals surface area contributed by atoms with Crippen LogP contribution in [0, 0.1) is 0 Å². The third-order valence-corrected chi connectivity index (χ3v) is 1.82. The highest BCUT2D eigenvalue weighted by Crippen LogP contribution is 2.00. The van der Waals surface area contributed by atoms with E-state index in [0.29, 0.717) is 19.4 Å². The standard InChI is InChI=1S/C9H14N2O2/c1-13-8-6-11-5-4-10-9(11)3-2-7-12/h4-5,7H,2-3,6,8H2,1H3. The predicted molar refractivity (Wildman–Crippen MR) is 48.5 cm³/mol. The number of imidazole rings is 1. The summed E-state index contributed by atoms with van der Waals surface area (Å²) in [6.45, 7) is 1.47. The summed E-state index contributed by atoms with van der Waals surface area (Å²) in [6.07, 6.45) is 5.80.